The summed E-state index contributed by atoms with van der Waals surface area (Å²) in [4.78, 5) is 18.5. The molecule has 2 saturated heterocycles. The predicted octanol–water partition coefficient (Wildman–Crippen LogP) is 5.37. The molecular weight excluding hydrogens is 464 g/mol. The second kappa shape index (κ2) is 11.3. The molecule has 0 radical (unpaired) electrons. The molecule has 1 amide bonds. The molecular formula is C31H42N2O4. The number of hydrogen-bond donors (Lipinski definition) is 0. The molecule has 2 fully saturated rings. The number of piperidine rings is 1. The van der Waals surface area contributed by atoms with E-state index in [2.05, 4.69) is 16.7 Å². The van der Waals surface area contributed by atoms with Crippen molar-refractivity contribution < 1.29 is 19.0 Å². The lowest BCUT2D eigenvalue weighted by molar-refractivity contribution is 0.0455. The van der Waals surface area contributed by atoms with Gasteiger partial charge in [0.25, 0.3) is 5.91 Å². The van der Waals surface area contributed by atoms with Gasteiger partial charge in [0.15, 0.2) is 0 Å². The van der Waals surface area contributed by atoms with E-state index in [4.69, 9.17) is 14.2 Å². The number of carbonyl (C=O) groups is 1. The normalized spacial score (nSPS) is 22.8. The molecule has 2 unspecified atom stereocenters. The standard InChI is InChI=1S/C31H42N2O4/c1-5-14-32(25-18-27-28(19-25)30(36-4)13-12-29(27)35-3)20-21-15-23-10-11-24(16-21)33(23)31(34)22-8-7-9-26(17-22)37-6-2/h7-9,12-13,17,21,23-25H,5-6,10-11,14-16,18-20H2,1-4H3. The zero-order valence-corrected chi connectivity index (χ0v) is 22.9. The molecule has 2 aromatic rings. The summed E-state index contributed by atoms with van der Waals surface area (Å²) in [5, 5.41) is 0. The zero-order chi connectivity index (χ0) is 25.9. The van der Waals surface area contributed by atoms with Crippen LogP contribution < -0.4 is 14.2 Å². The molecule has 6 heteroatoms. The third-order valence-corrected chi connectivity index (χ3v) is 8.64. The van der Waals surface area contributed by atoms with Crippen LogP contribution in [0.25, 0.3) is 0 Å². The minimum absolute atomic E-state index is 0.170. The summed E-state index contributed by atoms with van der Waals surface area (Å²) in [5.74, 6) is 3.52. The van der Waals surface area contributed by atoms with Gasteiger partial charge in [0, 0.05) is 41.4 Å². The van der Waals surface area contributed by atoms with Gasteiger partial charge < -0.3 is 19.1 Å². The van der Waals surface area contributed by atoms with E-state index in [0.29, 0.717) is 30.7 Å². The van der Waals surface area contributed by atoms with E-state index in [1.807, 2.05) is 43.3 Å². The van der Waals surface area contributed by atoms with E-state index in [0.717, 1.165) is 80.8 Å². The highest BCUT2D eigenvalue weighted by Crippen LogP contribution is 2.42. The fourth-order valence-electron chi connectivity index (χ4n) is 7.13. The predicted molar refractivity (Wildman–Crippen MR) is 146 cm³/mol. The lowest BCUT2D eigenvalue weighted by Crippen LogP contribution is -2.49. The molecule has 37 heavy (non-hydrogen) atoms. The molecule has 2 heterocycles. The fourth-order valence-corrected chi connectivity index (χ4v) is 7.13. The summed E-state index contributed by atoms with van der Waals surface area (Å²) in [7, 11) is 3.52. The minimum atomic E-state index is 0.170. The Morgan fingerprint density at radius 1 is 0.973 bits per heavy atom. The lowest BCUT2D eigenvalue weighted by Gasteiger charge is -2.41. The van der Waals surface area contributed by atoms with E-state index >= 15 is 0 Å². The number of hydrogen-bond acceptors (Lipinski definition) is 5. The molecule has 200 valence electrons. The van der Waals surface area contributed by atoms with Crippen LogP contribution in [0.3, 0.4) is 0 Å². The van der Waals surface area contributed by atoms with Gasteiger partial charge in [-0.1, -0.05) is 13.0 Å². The Bertz CT molecular complexity index is 1060. The Hall–Kier alpha value is -2.73. The first-order chi connectivity index (χ1) is 18.1. The van der Waals surface area contributed by atoms with E-state index < -0.39 is 0 Å². The molecule has 6 nitrogen and oxygen atoms in total. The summed E-state index contributed by atoms with van der Waals surface area (Å²) < 4.78 is 17.1. The van der Waals surface area contributed by atoms with Crippen molar-refractivity contribution in [2.45, 2.75) is 76.9 Å². The number of amides is 1. The molecule has 2 atom stereocenters. The number of nitrogens with zero attached hydrogens (tertiary/aromatic N) is 2. The number of rotatable bonds is 10. The van der Waals surface area contributed by atoms with Gasteiger partial charge in [-0.15, -0.1) is 0 Å². The van der Waals surface area contributed by atoms with Crippen molar-refractivity contribution in [3.63, 3.8) is 0 Å². The summed E-state index contributed by atoms with van der Waals surface area (Å²) in [6, 6.07) is 12.9. The molecule has 1 aliphatic carbocycles. The van der Waals surface area contributed by atoms with Crippen molar-refractivity contribution in [1.29, 1.82) is 0 Å². The van der Waals surface area contributed by atoms with Crippen molar-refractivity contribution in [1.82, 2.24) is 9.80 Å². The topological polar surface area (TPSA) is 51.2 Å². The molecule has 2 bridgehead atoms. The molecule has 0 saturated carbocycles. The van der Waals surface area contributed by atoms with Crippen molar-refractivity contribution in [2.75, 3.05) is 33.9 Å². The van der Waals surface area contributed by atoms with Gasteiger partial charge in [0.2, 0.25) is 0 Å². The zero-order valence-electron chi connectivity index (χ0n) is 22.9. The van der Waals surface area contributed by atoms with Crippen LogP contribution >= 0.6 is 0 Å². The average Bonchev–Trinajstić information content (AvgIpc) is 3.47. The maximum atomic E-state index is 13.5. The highest BCUT2D eigenvalue weighted by Gasteiger charge is 2.44. The minimum Gasteiger partial charge on any atom is -0.496 e. The SMILES string of the molecule is CCCN(CC1CC2CCC(C1)N2C(=O)c1cccc(OCC)c1)C1Cc2c(OC)ccc(OC)c2C1. The number of methoxy groups -OCH3 is 2. The third-order valence-electron chi connectivity index (χ3n) is 8.64. The Morgan fingerprint density at radius 2 is 1.62 bits per heavy atom. The maximum absolute atomic E-state index is 13.5. The quantitative estimate of drug-likeness (QED) is 0.434. The number of carbonyl (C=O) groups excluding carboxylic acids is 1. The summed E-state index contributed by atoms with van der Waals surface area (Å²) in [5.41, 5.74) is 3.37. The average molecular weight is 507 g/mol. The summed E-state index contributed by atoms with van der Waals surface area (Å²) >= 11 is 0. The number of fused-ring (bicyclic) bond motifs is 3. The summed E-state index contributed by atoms with van der Waals surface area (Å²) in [6.07, 6.45) is 7.59. The highest BCUT2D eigenvalue weighted by molar-refractivity contribution is 5.95. The Balaban J connectivity index is 1.27. The van der Waals surface area contributed by atoms with Gasteiger partial charge in [-0.3, -0.25) is 9.69 Å². The van der Waals surface area contributed by atoms with Crippen LogP contribution in [0, 0.1) is 5.92 Å². The third kappa shape index (κ3) is 5.18. The second-order valence-corrected chi connectivity index (χ2v) is 10.9. The van der Waals surface area contributed by atoms with Gasteiger partial charge in [0.1, 0.15) is 17.2 Å². The van der Waals surface area contributed by atoms with Gasteiger partial charge >= 0.3 is 0 Å². The van der Waals surface area contributed by atoms with E-state index in [9.17, 15) is 4.79 Å². The monoisotopic (exact) mass is 506 g/mol. The van der Waals surface area contributed by atoms with E-state index in [1.54, 1.807) is 14.2 Å². The van der Waals surface area contributed by atoms with Crippen molar-refractivity contribution in [3.8, 4) is 17.2 Å². The van der Waals surface area contributed by atoms with Gasteiger partial charge in [-0.05, 0) is 94.7 Å². The lowest BCUT2D eigenvalue weighted by atomic mass is 9.89. The number of benzene rings is 2. The van der Waals surface area contributed by atoms with Crippen molar-refractivity contribution in [2.24, 2.45) is 5.92 Å². The van der Waals surface area contributed by atoms with Crippen molar-refractivity contribution in [3.05, 3.63) is 53.1 Å². The van der Waals surface area contributed by atoms with E-state index in [-0.39, 0.29) is 5.91 Å². The van der Waals surface area contributed by atoms with Gasteiger partial charge in [-0.2, -0.15) is 0 Å². The van der Waals surface area contributed by atoms with Crippen LogP contribution in [0.15, 0.2) is 36.4 Å². The smallest absolute Gasteiger partial charge is 0.254 e. The van der Waals surface area contributed by atoms with Gasteiger partial charge in [0.05, 0.1) is 20.8 Å². The van der Waals surface area contributed by atoms with Crippen LogP contribution in [-0.4, -0.2) is 67.7 Å². The highest BCUT2D eigenvalue weighted by atomic mass is 16.5. The molecule has 3 aliphatic rings. The fraction of sp³-hybridized carbons (Fsp3) is 0.581. The molecule has 2 aromatic carbocycles. The van der Waals surface area contributed by atoms with Crippen LogP contribution in [0.5, 0.6) is 17.2 Å². The Kier molecular flexibility index (Phi) is 7.94. The van der Waals surface area contributed by atoms with Crippen molar-refractivity contribution >= 4 is 5.91 Å². The first kappa shape index (κ1) is 25.9. The largest absolute Gasteiger partial charge is 0.496 e. The molecule has 0 spiro atoms. The number of ether oxygens (including phenoxy) is 3. The Morgan fingerprint density at radius 3 is 2.19 bits per heavy atom. The maximum Gasteiger partial charge on any atom is 0.254 e. The second-order valence-electron chi connectivity index (χ2n) is 10.9. The van der Waals surface area contributed by atoms with Gasteiger partial charge in [-0.25, -0.2) is 0 Å². The van der Waals surface area contributed by atoms with Crippen LogP contribution in [0.1, 0.15) is 67.4 Å². The molecule has 2 aliphatic heterocycles. The van der Waals surface area contributed by atoms with E-state index in [1.165, 1.54) is 11.1 Å². The molecule has 0 aromatic heterocycles. The molecule has 0 N–H and O–H groups in total. The summed E-state index contributed by atoms with van der Waals surface area (Å²) in [6.45, 7) is 7.05. The first-order valence-corrected chi connectivity index (χ1v) is 14.1. The van der Waals surface area contributed by atoms with Crippen LogP contribution in [-0.2, 0) is 12.8 Å². The Labute approximate surface area is 221 Å². The molecule has 5 rings (SSSR count). The van der Waals surface area contributed by atoms with Crippen LogP contribution in [0.2, 0.25) is 0 Å². The van der Waals surface area contributed by atoms with Crippen LogP contribution in [0.4, 0.5) is 0 Å². The first-order valence-electron chi connectivity index (χ1n) is 14.1.